The SMILES string of the molecule is CCCC(CN)C(O)c1ccc(OCC)c(OCC)c1. The van der Waals surface area contributed by atoms with Gasteiger partial charge in [0.15, 0.2) is 11.5 Å². The van der Waals surface area contributed by atoms with E-state index in [0.717, 1.165) is 18.4 Å². The van der Waals surface area contributed by atoms with Crippen LogP contribution in [-0.4, -0.2) is 24.9 Å². The van der Waals surface area contributed by atoms with Crippen LogP contribution in [-0.2, 0) is 0 Å². The third-order valence-electron chi connectivity index (χ3n) is 3.32. The van der Waals surface area contributed by atoms with Crippen molar-refractivity contribution in [2.24, 2.45) is 11.7 Å². The van der Waals surface area contributed by atoms with E-state index < -0.39 is 6.10 Å². The third-order valence-corrected chi connectivity index (χ3v) is 3.32. The van der Waals surface area contributed by atoms with E-state index in [4.69, 9.17) is 15.2 Å². The van der Waals surface area contributed by atoms with Gasteiger partial charge in [-0.3, -0.25) is 0 Å². The molecule has 0 saturated carbocycles. The van der Waals surface area contributed by atoms with Gasteiger partial charge in [0.05, 0.1) is 19.3 Å². The molecule has 0 radical (unpaired) electrons. The maximum absolute atomic E-state index is 10.4. The Morgan fingerprint density at radius 1 is 1.10 bits per heavy atom. The first-order chi connectivity index (χ1) is 9.67. The lowest BCUT2D eigenvalue weighted by molar-refractivity contribution is 0.106. The summed E-state index contributed by atoms with van der Waals surface area (Å²) in [5, 5.41) is 10.4. The van der Waals surface area contributed by atoms with Crippen LogP contribution in [0.1, 0.15) is 45.3 Å². The zero-order valence-corrected chi connectivity index (χ0v) is 12.8. The summed E-state index contributed by atoms with van der Waals surface area (Å²) in [6.07, 6.45) is 1.36. The fourth-order valence-electron chi connectivity index (χ4n) is 2.30. The standard InChI is InChI=1S/C16H27NO3/c1-4-7-13(11-17)16(18)12-8-9-14(19-5-2)15(10-12)20-6-3/h8-10,13,16,18H,4-7,11,17H2,1-3H3. The quantitative estimate of drug-likeness (QED) is 0.730. The third kappa shape index (κ3) is 4.39. The van der Waals surface area contributed by atoms with Crippen molar-refractivity contribution in [2.45, 2.75) is 39.7 Å². The number of hydrogen-bond donors (Lipinski definition) is 2. The molecule has 0 aliphatic heterocycles. The second-order valence-electron chi connectivity index (χ2n) is 4.80. The molecule has 1 aromatic rings. The molecule has 4 heteroatoms. The van der Waals surface area contributed by atoms with E-state index in [1.165, 1.54) is 0 Å². The van der Waals surface area contributed by atoms with Gasteiger partial charge in [0.1, 0.15) is 0 Å². The first-order valence-corrected chi connectivity index (χ1v) is 7.45. The van der Waals surface area contributed by atoms with Gasteiger partial charge in [0.25, 0.3) is 0 Å². The molecule has 0 heterocycles. The molecule has 0 aliphatic rings. The number of aliphatic hydroxyl groups is 1. The number of hydrogen-bond acceptors (Lipinski definition) is 4. The smallest absolute Gasteiger partial charge is 0.161 e. The molecule has 2 unspecified atom stereocenters. The number of nitrogens with two attached hydrogens (primary N) is 1. The Morgan fingerprint density at radius 3 is 2.30 bits per heavy atom. The summed E-state index contributed by atoms with van der Waals surface area (Å²) in [6.45, 7) is 7.59. The van der Waals surface area contributed by atoms with Gasteiger partial charge in [-0.25, -0.2) is 0 Å². The van der Waals surface area contributed by atoms with Gasteiger partial charge in [0.2, 0.25) is 0 Å². The van der Waals surface area contributed by atoms with Crippen molar-refractivity contribution in [1.29, 1.82) is 0 Å². The Labute approximate surface area is 121 Å². The van der Waals surface area contributed by atoms with Crippen LogP contribution in [0.5, 0.6) is 11.5 Å². The number of benzene rings is 1. The van der Waals surface area contributed by atoms with Gasteiger partial charge in [-0.2, -0.15) is 0 Å². The summed E-state index contributed by atoms with van der Waals surface area (Å²) >= 11 is 0. The highest BCUT2D eigenvalue weighted by molar-refractivity contribution is 5.43. The van der Waals surface area contributed by atoms with Crippen molar-refractivity contribution in [3.05, 3.63) is 23.8 Å². The van der Waals surface area contributed by atoms with Crippen molar-refractivity contribution in [2.75, 3.05) is 19.8 Å². The van der Waals surface area contributed by atoms with Gasteiger partial charge in [-0.15, -0.1) is 0 Å². The van der Waals surface area contributed by atoms with E-state index in [9.17, 15) is 5.11 Å². The summed E-state index contributed by atoms with van der Waals surface area (Å²) in [5.41, 5.74) is 6.59. The molecule has 0 aromatic heterocycles. The molecule has 0 amide bonds. The van der Waals surface area contributed by atoms with E-state index in [1.54, 1.807) is 0 Å². The van der Waals surface area contributed by atoms with Crippen molar-refractivity contribution in [1.82, 2.24) is 0 Å². The van der Waals surface area contributed by atoms with E-state index in [0.29, 0.717) is 31.3 Å². The lowest BCUT2D eigenvalue weighted by Gasteiger charge is -2.22. The van der Waals surface area contributed by atoms with Gasteiger partial charge >= 0.3 is 0 Å². The van der Waals surface area contributed by atoms with E-state index in [1.807, 2.05) is 32.0 Å². The molecule has 20 heavy (non-hydrogen) atoms. The molecule has 1 aromatic carbocycles. The highest BCUT2D eigenvalue weighted by Gasteiger charge is 2.20. The highest BCUT2D eigenvalue weighted by atomic mass is 16.5. The average molecular weight is 281 g/mol. The Bertz CT molecular complexity index is 395. The summed E-state index contributed by atoms with van der Waals surface area (Å²) in [5.74, 6) is 1.47. The molecule has 1 rings (SSSR count). The molecule has 0 aliphatic carbocycles. The molecule has 0 spiro atoms. The largest absolute Gasteiger partial charge is 0.490 e. The maximum Gasteiger partial charge on any atom is 0.161 e. The van der Waals surface area contributed by atoms with Crippen LogP contribution in [0.2, 0.25) is 0 Å². The zero-order valence-electron chi connectivity index (χ0n) is 12.8. The average Bonchev–Trinajstić information content (AvgIpc) is 2.46. The second-order valence-corrected chi connectivity index (χ2v) is 4.80. The summed E-state index contributed by atoms with van der Waals surface area (Å²) in [4.78, 5) is 0. The predicted molar refractivity (Wildman–Crippen MR) is 81.2 cm³/mol. The molecule has 2 atom stereocenters. The minimum atomic E-state index is -0.560. The second kappa shape index (κ2) is 8.82. The summed E-state index contributed by atoms with van der Waals surface area (Å²) < 4.78 is 11.1. The number of rotatable bonds is 9. The molecular weight excluding hydrogens is 254 g/mol. The number of aliphatic hydroxyl groups excluding tert-OH is 1. The minimum Gasteiger partial charge on any atom is -0.490 e. The Balaban J connectivity index is 2.97. The molecule has 3 N–H and O–H groups in total. The summed E-state index contributed by atoms with van der Waals surface area (Å²) in [7, 11) is 0. The van der Waals surface area contributed by atoms with Crippen molar-refractivity contribution < 1.29 is 14.6 Å². The Hall–Kier alpha value is -1.26. The van der Waals surface area contributed by atoms with Crippen LogP contribution < -0.4 is 15.2 Å². The zero-order chi connectivity index (χ0) is 15.0. The first-order valence-electron chi connectivity index (χ1n) is 7.45. The van der Waals surface area contributed by atoms with Crippen LogP contribution in [0.4, 0.5) is 0 Å². The maximum atomic E-state index is 10.4. The lowest BCUT2D eigenvalue weighted by atomic mass is 9.92. The van der Waals surface area contributed by atoms with Gasteiger partial charge in [-0.1, -0.05) is 19.4 Å². The van der Waals surface area contributed by atoms with Gasteiger partial charge in [-0.05, 0) is 44.5 Å². The van der Waals surface area contributed by atoms with E-state index >= 15 is 0 Å². The monoisotopic (exact) mass is 281 g/mol. The van der Waals surface area contributed by atoms with Gasteiger partial charge < -0.3 is 20.3 Å². The normalized spacial score (nSPS) is 13.8. The van der Waals surface area contributed by atoms with Crippen LogP contribution in [0.3, 0.4) is 0 Å². The number of ether oxygens (including phenoxy) is 2. The molecule has 0 saturated heterocycles. The highest BCUT2D eigenvalue weighted by Crippen LogP contribution is 2.33. The minimum absolute atomic E-state index is 0.0763. The Kier molecular flexibility index (Phi) is 7.41. The van der Waals surface area contributed by atoms with Crippen molar-refractivity contribution >= 4 is 0 Å². The fraction of sp³-hybridized carbons (Fsp3) is 0.625. The summed E-state index contributed by atoms with van der Waals surface area (Å²) in [6, 6.07) is 5.60. The predicted octanol–water partition coefficient (Wildman–Crippen LogP) is 2.89. The molecule has 114 valence electrons. The van der Waals surface area contributed by atoms with Crippen LogP contribution >= 0.6 is 0 Å². The molecular formula is C16H27NO3. The molecule has 0 bridgehead atoms. The fourth-order valence-corrected chi connectivity index (χ4v) is 2.30. The van der Waals surface area contributed by atoms with E-state index in [-0.39, 0.29) is 5.92 Å². The van der Waals surface area contributed by atoms with Gasteiger partial charge in [0, 0.05) is 5.92 Å². The van der Waals surface area contributed by atoms with Crippen LogP contribution in [0.25, 0.3) is 0 Å². The van der Waals surface area contributed by atoms with Crippen molar-refractivity contribution in [3.8, 4) is 11.5 Å². The van der Waals surface area contributed by atoms with Crippen LogP contribution in [0, 0.1) is 5.92 Å². The lowest BCUT2D eigenvalue weighted by Crippen LogP contribution is -2.22. The van der Waals surface area contributed by atoms with Crippen molar-refractivity contribution in [3.63, 3.8) is 0 Å². The molecule has 0 fully saturated rings. The first kappa shape index (κ1) is 16.8. The topological polar surface area (TPSA) is 64.7 Å². The molecule has 4 nitrogen and oxygen atoms in total. The van der Waals surface area contributed by atoms with Crippen LogP contribution in [0.15, 0.2) is 18.2 Å². The Morgan fingerprint density at radius 2 is 1.75 bits per heavy atom. The van der Waals surface area contributed by atoms with E-state index in [2.05, 4.69) is 6.92 Å².